The van der Waals surface area contributed by atoms with Crippen LogP contribution in [-0.4, -0.2) is 0 Å². The van der Waals surface area contributed by atoms with Crippen molar-refractivity contribution in [2.45, 2.75) is 32.5 Å². The van der Waals surface area contributed by atoms with Crippen molar-refractivity contribution in [2.24, 2.45) is 0 Å². The van der Waals surface area contributed by atoms with Crippen LogP contribution in [0.2, 0.25) is 0 Å². The van der Waals surface area contributed by atoms with Gasteiger partial charge in [0.1, 0.15) is 0 Å². The van der Waals surface area contributed by atoms with E-state index >= 15 is 0 Å². The molecule has 0 N–H and O–H groups in total. The second-order valence-electron chi connectivity index (χ2n) is 36.1. The van der Waals surface area contributed by atoms with Gasteiger partial charge in [-0.15, -0.1) is 0 Å². The van der Waals surface area contributed by atoms with Crippen molar-refractivity contribution in [1.82, 2.24) is 0 Å². The maximum atomic E-state index is 2.64. The highest BCUT2D eigenvalue weighted by Gasteiger charge is 2.57. The lowest BCUT2D eigenvalue weighted by Gasteiger charge is -2.37. The fraction of sp³-hybridized carbons (Fsp3) is 0.0469. The molecule has 0 heterocycles. The van der Waals surface area contributed by atoms with Crippen molar-refractivity contribution in [3.05, 3.63) is 631 Å². The van der Waals surface area contributed by atoms with Crippen LogP contribution in [0.5, 0.6) is 0 Å². The highest BCUT2D eigenvalue weighted by Crippen LogP contribution is 2.69. The van der Waals surface area contributed by atoms with Crippen molar-refractivity contribution < 1.29 is 0 Å². The highest BCUT2D eigenvalue weighted by atomic mass is 14.6. The third-order valence-corrected chi connectivity index (χ3v) is 30.7. The van der Waals surface area contributed by atoms with Crippen molar-refractivity contribution in [2.75, 3.05) is 0 Å². The molecule has 0 amide bonds. The number of fused-ring (bicyclic) bond motifs is 20. The average molecular weight is 1620 g/mol. The van der Waals surface area contributed by atoms with Gasteiger partial charge >= 0.3 is 0 Å². The largest absolute Gasteiger partial charge is 0.0714 e. The number of hydrogen-bond donors (Lipinski definition) is 0. The lowest BCUT2D eigenvalue weighted by Crippen LogP contribution is -2.31. The van der Waals surface area contributed by atoms with Gasteiger partial charge < -0.3 is 0 Å². The van der Waals surface area contributed by atoms with E-state index in [-0.39, 0.29) is 0 Å². The molecule has 0 radical (unpaired) electrons. The summed E-state index contributed by atoms with van der Waals surface area (Å²) in [7, 11) is 0. The van der Waals surface area contributed by atoms with Gasteiger partial charge in [0.15, 0.2) is 0 Å². The molecule has 6 aliphatic rings. The minimum Gasteiger partial charge on any atom is -0.0622 e. The Morgan fingerprint density at radius 2 is 0.234 bits per heavy atom. The first-order valence-electron chi connectivity index (χ1n) is 45.2. The lowest BCUT2D eigenvalue weighted by atomic mass is 9.64. The molecule has 128 heavy (non-hydrogen) atoms. The van der Waals surface area contributed by atoms with E-state index in [0.717, 1.165) is 0 Å². The van der Waals surface area contributed by atoms with Gasteiger partial charge in [0.25, 0.3) is 0 Å². The van der Waals surface area contributed by atoms with Crippen LogP contribution in [0.25, 0.3) is 88.3 Å². The first kappa shape index (κ1) is 72.6. The molecule has 0 saturated carbocycles. The molecule has 27 rings (SSSR count). The maximum absolute atomic E-state index is 2.64. The van der Waals surface area contributed by atoms with Crippen LogP contribution < -0.4 is 0 Å². The summed E-state index contributed by atoms with van der Waals surface area (Å²) in [4.78, 5) is 0. The van der Waals surface area contributed by atoms with Gasteiger partial charge in [0.05, 0.1) is 32.5 Å². The van der Waals surface area contributed by atoms with Gasteiger partial charge in [-0.05, 0) is 270 Å². The van der Waals surface area contributed by atoms with E-state index < -0.39 is 32.5 Å². The molecule has 0 nitrogen and oxygen atoms in total. The topological polar surface area (TPSA) is 0 Å². The highest BCUT2D eigenvalue weighted by molar-refractivity contribution is 6.01. The minimum absolute atomic E-state index is 0.613. The number of hydrogen-bond acceptors (Lipinski definition) is 0. The van der Waals surface area contributed by atoms with Crippen LogP contribution in [0.4, 0.5) is 0 Å². The third kappa shape index (κ3) is 9.37. The van der Waals surface area contributed by atoms with E-state index in [2.05, 4.69) is 497 Å². The molecule has 6 atom stereocenters. The van der Waals surface area contributed by atoms with Crippen molar-refractivity contribution in [3.8, 4) is 66.8 Å². The second kappa shape index (κ2) is 27.3. The molecule has 21 aromatic rings. The Bertz CT molecular complexity index is 7670. The molecule has 594 valence electrons. The quantitative estimate of drug-likeness (QED) is 0.114. The molecule has 0 fully saturated rings. The van der Waals surface area contributed by atoms with Gasteiger partial charge in [-0.3, -0.25) is 0 Å². The first-order valence-corrected chi connectivity index (χ1v) is 45.2. The molecule has 0 bridgehead atoms. The van der Waals surface area contributed by atoms with E-state index in [0.29, 0.717) is 0 Å². The van der Waals surface area contributed by atoms with Crippen LogP contribution in [0.15, 0.2) is 497 Å². The van der Waals surface area contributed by atoms with Crippen LogP contribution >= 0.6 is 0 Å². The predicted octanol–water partition coefficient (Wildman–Crippen LogP) is 30.2. The van der Waals surface area contributed by atoms with Gasteiger partial charge in [-0.2, -0.15) is 0 Å². The summed E-state index contributed by atoms with van der Waals surface area (Å²) in [6.45, 7) is 0. The monoisotopic (exact) mass is 1620 g/mol. The van der Waals surface area contributed by atoms with Crippen molar-refractivity contribution in [1.29, 1.82) is 0 Å². The van der Waals surface area contributed by atoms with E-state index in [9.17, 15) is 0 Å². The summed E-state index contributed by atoms with van der Waals surface area (Å²) in [6, 6.07) is 192. The second-order valence-corrected chi connectivity index (χ2v) is 36.1. The smallest absolute Gasteiger partial charge is 0.0622 e. The van der Waals surface area contributed by atoms with Crippen molar-refractivity contribution in [3.63, 3.8) is 0 Å². The average Bonchev–Trinajstić information content (AvgIpc) is 1.51. The van der Waals surface area contributed by atoms with Crippen LogP contribution in [0.1, 0.15) is 134 Å². The predicted molar refractivity (Wildman–Crippen MR) is 525 cm³/mol. The Morgan fingerprint density at radius 3 is 0.438 bits per heavy atom. The van der Waals surface area contributed by atoms with Gasteiger partial charge in [0.2, 0.25) is 0 Å². The molecule has 0 heteroatoms. The molecule has 0 spiro atoms. The Labute approximate surface area is 746 Å². The fourth-order valence-electron chi connectivity index (χ4n) is 25.8. The summed E-state index contributed by atoms with van der Waals surface area (Å²) in [5.74, 6) is 0. The number of benzene rings is 21. The Morgan fingerprint density at radius 1 is 0.0859 bits per heavy atom. The molecular formula is C128H82. The zero-order valence-corrected chi connectivity index (χ0v) is 70.3. The first-order chi connectivity index (χ1) is 63.5. The summed E-state index contributed by atoms with van der Waals surface area (Å²) >= 11 is 0. The summed E-state index contributed by atoms with van der Waals surface area (Å²) < 4.78 is 0. The standard InChI is InChI=1S/C128H82/c1-7-39-87(40-8-1)123(93-67-71-95(72-68-93)125(89-43-11-3-12-44-89)113-59-31-25-53-101(113)107-81-121-109(79-119(107)125)103-55-27-33-61-115(103)127(121,91-47-15-5-16-48-91)97-65-63-83-35-19-21-37-85(83)75-97)111-57-29-23-51-99(111)105-78-118-106(77-117(105)123)100-52-24-30-58-112(100)124(118,88-41-9-2-10-42-88)94-69-73-96(74-70-94)126(90-45-13-4-14-46-90)114-60-32-26-54-102(114)108-82-122-110(80-120(108)126)104-56-28-34-62-116(104)128(122,92-49-17-6-18-50-92)98-66-64-84-36-20-22-38-86(84)76-98/h1-82H. The summed E-state index contributed by atoms with van der Waals surface area (Å²) in [5.41, 5.74) is 41.2. The van der Waals surface area contributed by atoms with Crippen molar-refractivity contribution >= 4 is 21.5 Å². The molecule has 0 aliphatic heterocycles. The molecule has 0 aromatic heterocycles. The third-order valence-electron chi connectivity index (χ3n) is 30.7. The Hall–Kier alpha value is -15.9. The van der Waals surface area contributed by atoms with E-state index in [1.807, 2.05) is 0 Å². The number of rotatable bonds is 12. The molecular weight excluding hydrogens is 1540 g/mol. The fourth-order valence-corrected chi connectivity index (χ4v) is 25.8. The SMILES string of the molecule is c1ccc(C2(c3ccc(C4(c5ccccc5)c5ccccc5-c5cc6c(cc54)-c4ccccc4C6(c4ccccc4)c4ccc5ccccc5c4)cc3)c3ccccc3-c3cc4c(cc32)-c2ccccc2C4(c2ccccc2)c2ccc(C3(c4ccccc4)c4ccccc4-c4cc5c(cc43)-c3ccccc3C5(c3ccccc3)c3ccc4ccccc4c3)cc2)cc1. The zero-order valence-electron chi connectivity index (χ0n) is 70.3. The van der Waals surface area contributed by atoms with Crippen LogP contribution in [0, 0.1) is 0 Å². The Kier molecular flexibility index (Phi) is 15.5. The normalized spacial score (nSPS) is 19.8. The van der Waals surface area contributed by atoms with Gasteiger partial charge in [0, 0.05) is 0 Å². The summed E-state index contributed by atoms with van der Waals surface area (Å²) in [5, 5.41) is 4.93. The zero-order chi connectivity index (χ0) is 84.1. The summed E-state index contributed by atoms with van der Waals surface area (Å²) in [6.07, 6.45) is 0. The van der Waals surface area contributed by atoms with E-state index in [1.54, 1.807) is 0 Å². The molecule has 0 saturated heterocycles. The molecule has 21 aromatic carbocycles. The van der Waals surface area contributed by atoms with Crippen LogP contribution in [0.3, 0.4) is 0 Å². The van der Waals surface area contributed by atoms with E-state index in [1.165, 1.54) is 222 Å². The van der Waals surface area contributed by atoms with E-state index in [4.69, 9.17) is 0 Å². The van der Waals surface area contributed by atoms with Gasteiger partial charge in [-0.25, -0.2) is 0 Å². The molecule has 6 unspecified atom stereocenters. The maximum Gasteiger partial charge on any atom is 0.0714 e. The molecule has 6 aliphatic carbocycles. The van der Waals surface area contributed by atoms with Gasteiger partial charge in [-0.1, -0.05) is 449 Å². The lowest BCUT2D eigenvalue weighted by molar-refractivity contribution is 0.744. The Balaban J connectivity index is 0.648. The minimum atomic E-state index is -0.754. The van der Waals surface area contributed by atoms with Crippen LogP contribution in [-0.2, 0) is 32.5 Å².